The van der Waals surface area contributed by atoms with Crippen LogP contribution in [0.15, 0.2) is 0 Å². The van der Waals surface area contributed by atoms with Gasteiger partial charge in [-0.05, 0) is 32.6 Å². The standard InChI is InChI=1S/C14H28N2O2/c1-13(2,3)9-7-11(17)15-10-8-12(18)16-14(4,5)6/h7-10H2,1-6H3,(H,15,17)(H,16,18). The highest BCUT2D eigenvalue weighted by molar-refractivity contribution is 5.79. The Kier molecular flexibility index (Phi) is 6.36. The maximum Gasteiger partial charge on any atom is 0.222 e. The van der Waals surface area contributed by atoms with Crippen LogP contribution in [0.4, 0.5) is 0 Å². The zero-order chi connectivity index (χ0) is 14.4. The average molecular weight is 256 g/mol. The van der Waals surface area contributed by atoms with Crippen molar-refractivity contribution < 1.29 is 9.59 Å². The molecular weight excluding hydrogens is 228 g/mol. The first kappa shape index (κ1) is 16.9. The minimum Gasteiger partial charge on any atom is -0.356 e. The van der Waals surface area contributed by atoms with Crippen LogP contribution in [-0.4, -0.2) is 23.9 Å². The lowest BCUT2D eigenvalue weighted by atomic mass is 9.90. The molecule has 0 bridgehead atoms. The molecule has 0 saturated heterocycles. The van der Waals surface area contributed by atoms with Gasteiger partial charge in [0.05, 0.1) is 0 Å². The van der Waals surface area contributed by atoms with Gasteiger partial charge in [-0.25, -0.2) is 0 Å². The SMILES string of the molecule is CC(C)(C)CCC(=O)NCCC(=O)NC(C)(C)C. The van der Waals surface area contributed by atoms with Gasteiger partial charge in [0, 0.05) is 24.9 Å². The quantitative estimate of drug-likeness (QED) is 0.792. The van der Waals surface area contributed by atoms with E-state index in [2.05, 4.69) is 31.4 Å². The van der Waals surface area contributed by atoms with Crippen molar-refractivity contribution in [3.05, 3.63) is 0 Å². The molecule has 0 aliphatic carbocycles. The highest BCUT2D eigenvalue weighted by atomic mass is 16.2. The molecule has 0 unspecified atom stereocenters. The van der Waals surface area contributed by atoms with E-state index in [1.807, 2.05) is 20.8 Å². The first-order valence-electron chi connectivity index (χ1n) is 6.57. The number of hydrogen-bond donors (Lipinski definition) is 2. The highest BCUT2D eigenvalue weighted by Gasteiger charge is 2.15. The van der Waals surface area contributed by atoms with Crippen LogP contribution in [0.25, 0.3) is 0 Å². The average Bonchev–Trinajstić information content (AvgIpc) is 2.10. The lowest BCUT2D eigenvalue weighted by Gasteiger charge is -2.20. The monoisotopic (exact) mass is 256 g/mol. The van der Waals surface area contributed by atoms with Gasteiger partial charge in [-0.1, -0.05) is 20.8 Å². The van der Waals surface area contributed by atoms with Crippen LogP contribution in [-0.2, 0) is 9.59 Å². The van der Waals surface area contributed by atoms with Crippen molar-refractivity contribution in [3.63, 3.8) is 0 Å². The molecule has 0 aromatic rings. The van der Waals surface area contributed by atoms with Crippen LogP contribution >= 0.6 is 0 Å². The van der Waals surface area contributed by atoms with Gasteiger partial charge in [0.2, 0.25) is 11.8 Å². The Balaban J connectivity index is 3.72. The summed E-state index contributed by atoms with van der Waals surface area (Å²) in [5.41, 5.74) is -0.0473. The topological polar surface area (TPSA) is 58.2 Å². The molecule has 0 rings (SSSR count). The molecule has 2 N–H and O–H groups in total. The van der Waals surface area contributed by atoms with Crippen molar-refractivity contribution in [2.45, 2.75) is 66.3 Å². The molecule has 0 aromatic carbocycles. The van der Waals surface area contributed by atoms with E-state index in [4.69, 9.17) is 0 Å². The fraction of sp³-hybridized carbons (Fsp3) is 0.857. The van der Waals surface area contributed by atoms with Gasteiger partial charge >= 0.3 is 0 Å². The second-order valence-corrected chi connectivity index (χ2v) is 6.96. The van der Waals surface area contributed by atoms with E-state index in [-0.39, 0.29) is 22.8 Å². The third kappa shape index (κ3) is 11.4. The largest absolute Gasteiger partial charge is 0.356 e. The molecule has 0 heterocycles. The molecule has 106 valence electrons. The summed E-state index contributed by atoms with van der Waals surface area (Å²) in [6.07, 6.45) is 1.70. The molecule has 2 amide bonds. The Hall–Kier alpha value is -1.06. The van der Waals surface area contributed by atoms with Crippen LogP contribution in [0.5, 0.6) is 0 Å². The third-order valence-corrected chi connectivity index (χ3v) is 2.29. The van der Waals surface area contributed by atoms with Crippen LogP contribution in [0.3, 0.4) is 0 Å². The van der Waals surface area contributed by atoms with Crippen molar-refractivity contribution >= 4 is 11.8 Å². The van der Waals surface area contributed by atoms with Crippen molar-refractivity contribution in [2.75, 3.05) is 6.54 Å². The van der Waals surface area contributed by atoms with E-state index in [9.17, 15) is 9.59 Å². The Morgan fingerprint density at radius 3 is 1.89 bits per heavy atom. The van der Waals surface area contributed by atoms with Gasteiger partial charge in [0.1, 0.15) is 0 Å². The highest BCUT2D eigenvalue weighted by Crippen LogP contribution is 2.20. The number of hydrogen-bond acceptors (Lipinski definition) is 2. The zero-order valence-electron chi connectivity index (χ0n) is 12.6. The zero-order valence-corrected chi connectivity index (χ0v) is 12.6. The summed E-state index contributed by atoms with van der Waals surface area (Å²) in [7, 11) is 0. The van der Waals surface area contributed by atoms with Crippen LogP contribution in [0.2, 0.25) is 0 Å². The summed E-state index contributed by atoms with van der Waals surface area (Å²) >= 11 is 0. The summed E-state index contributed by atoms with van der Waals surface area (Å²) in [5.74, 6) is -0.00731. The summed E-state index contributed by atoms with van der Waals surface area (Å²) < 4.78 is 0. The molecule has 0 aliphatic rings. The van der Waals surface area contributed by atoms with Crippen LogP contribution in [0, 0.1) is 5.41 Å². The van der Waals surface area contributed by atoms with E-state index in [1.165, 1.54) is 0 Å². The Morgan fingerprint density at radius 2 is 1.44 bits per heavy atom. The summed E-state index contributed by atoms with van der Waals surface area (Å²) in [6, 6.07) is 0. The lowest BCUT2D eigenvalue weighted by Crippen LogP contribution is -2.42. The van der Waals surface area contributed by atoms with E-state index in [0.717, 1.165) is 6.42 Å². The van der Waals surface area contributed by atoms with E-state index < -0.39 is 0 Å². The first-order valence-corrected chi connectivity index (χ1v) is 6.57. The Labute approximate surface area is 111 Å². The van der Waals surface area contributed by atoms with Gasteiger partial charge in [-0.3, -0.25) is 9.59 Å². The number of rotatable bonds is 5. The Bertz CT molecular complexity index is 285. The predicted octanol–water partition coefficient (Wildman–Crippen LogP) is 2.23. The van der Waals surface area contributed by atoms with Gasteiger partial charge in [-0.2, -0.15) is 0 Å². The van der Waals surface area contributed by atoms with Crippen LogP contribution < -0.4 is 10.6 Å². The van der Waals surface area contributed by atoms with E-state index in [0.29, 0.717) is 19.4 Å². The maximum absolute atomic E-state index is 11.5. The van der Waals surface area contributed by atoms with Crippen molar-refractivity contribution in [3.8, 4) is 0 Å². The summed E-state index contributed by atoms with van der Waals surface area (Å²) in [4.78, 5) is 23.0. The minimum atomic E-state index is -0.215. The van der Waals surface area contributed by atoms with Crippen LogP contribution in [0.1, 0.15) is 60.8 Å². The smallest absolute Gasteiger partial charge is 0.222 e. The molecule has 0 radical (unpaired) electrons. The second-order valence-electron chi connectivity index (χ2n) is 6.96. The molecule has 0 aromatic heterocycles. The van der Waals surface area contributed by atoms with Gasteiger partial charge < -0.3 is 10.6 Å². The minimum absolute atomic E-state index is 0.0217. The van der Waals surface area contributed by atoms with E-state index >= 15 is 0 Å². The fourth-order valence-corrected chi connectivity index (χ4v) is 1.37. The fourth-order valence-electron chi connectivity index (χ4n) is 1.37. The molecule has 0 atom stereocenters. The maximum atomic E-state index is 11.5. The first-order chi connectivity index (χ1) is 7.99. The number of carbonyl (C=O) groups excluding carboxylic acids is 2. The number of nitrogens with one attached hydrogen (secondary N) is 2. The van der Waals surface area contributed by atoms with Crippen molar-refractivity contribution in [1.29, 1.82) is 0 Å². The summed E-state index contributed by atoms with van der Waals surface area (Å²) in [5, 5.41) is 5.63. The molecule has 0 saturated carbocycles. The molecular formula is C14H28N2O2. The summed E-state index contributed by atoms with van der Waals surface area (Å²) in [6.45, 7) is 12.5. The van der Waals surface area contributed by atoms with Gasteiger partial charge in [0.15, 0.2) is 0 Å². The second kappa shape index (κ2) is 6.76. The third-order valence-electron chi connectivity index (χ3n) is 2.29. The molecule has 4 nitrogen and oxygen atoms in total. The van der Waals surface area contributed by atoms with Crippen molar-refractivity contribution in [2.24, 2.45) is 5.41 Å². The molecule has 0 fully saturated rings. The van der Waals surface area contributed by atoms with Crippen molar-refractivity contribution in [1.82, 2.24) is 10.6 Å². The molecule has 0 spiro atoms. The number of amides is 2. The van der Waals surface area contributed by atoms with Gasteiger partial charge in [-0.15, -0.1) is 0 Å². The molecule has 4 heteroatoms. The molecule has 0 aliphatic heterocycles. The number of carbonyl (C=O) groups is 2. The lowest BCUT2D eigenvalue weighted by molar-refractivity contribution is -0.123. The Morgan fingerprint density at radius 1 is 0.889 bits per heavy atom. The van der Waals surface area contributed by atoms with E-state index in [1.54, 1.807) is 0 Å². The van der Waals surface area contributed by atoms with Gasteiger partial charge in [0.25, 0.3) is 0 Å². The molecule has 18 heavy (non-hydrogen) atoms. The normalized spacial score (nSPS) is 12.1. The predicted molar refractivity (Wildman–Crippen MR) is 74.2 cm³/mol.